The van der Waals surface area contributed by atoms with Crippen LogP contribution in [0.4, 0.5) is 5.69 Å². The number of sulfone groups is 1. The summed E-state index contributed by atoms with van der Waals surface area (Å²) < 4.78 is 35.4. The molecule has 2 heterocycles. The SMILES string of the molecule is COC(=O)C1=Cc2cc(-c3ccc(N4CCOCC4)cc3)ccc2S(=O)(=O)CC1. The Bertz CT molecular complexity index is 1050. The van der Waals surface area contributed by atoms with Gasteiger partial charge in [-0.05, 0) is 53.5 Å². The van der Waals surface area contributed by atoms with Crippen molar-refractivity contribution in [1.29, 1.82) is 0 Å². The molecule has 7 heteroatoms. The molecule has 0 N–H and O–H groups in total. The smallest absolute Gasteiger partial charge is 0.333 e. The van der Waals surface area contributed by atoms with Crippen molar-refractivity contribution in [3.8, 4) is 11.1 Å². The first-order chi connectivity index (χ1) is 14.0. The van der Waals surface area contributed by atoms with Crippen LogP contribution < -0.4 is 4.90 Å². The summed E-state index contributed by atoms with van der Waals surface area (Å²) in [5, 5.41) is 0. The highest BCUT2D eigenvalue weighted by Gasteiger charge is 2.25. The summed E-state index contributed by atoms with van der Waals surface area (Å²) in [6, 6.07) is 13.5. The van der Waals surface area contributed by atoms with E-state index in [1.54, 1.807) is 12.1 Å². The zero-order chi connectivity index (χ0) is 20.4. The van der Waals surface area contributed by atoms with E-state index >= 15 is 0 Å². The Balaban J connectivity index is 1.69. The first-order valence-corrected chi connectivity index (χ1v) is 11.2. The van der Waals surface area contributed by atoms with Gasteiger partial charge in [-0.2, -0.15) is 0 Å². The quantitative estimate of drug-likeness (QED) is 0.721. The zero-order valence-electron chi connectivity index (χ0n) is 16.3. The molecule has 2 aromatic rings. The second kappa shape index (κ2) is 8.00. The van der Waals surface area contributed by atoms with Gasteiger partial charge in [-0.3, -0.25) is 0 Å². The molecule has 1 saturated heterocycles. The highest BCUT2D eigenvalue weighted by Crippen LogP contribution is 2.31. The van der Waals surface area contributed by atoms with Gasteiger partial charge in [0, 0.05) is 24.4 Å². The molecule has 152 valence electrons. The third-order valence-corrected chi connectivity index (χ3v) is 7.12. The van der Waals surface area contributed by atoms with Crippen molar-refractivity contribution in [2.24, 2.45) is 0 Å². The number of rotatable bonds is 3. The van der Waals surface area contributed by atoms with Crippen molar-refractivity contribution in [2.45, 2.75) is 11.3 Å². The molecule has 29 heavy (non-hydrogen) atoms. The van der Waals surface area contributed by atoms with Crippen molar-refractivity contribution in [2.75, 3.05) is 44.1 Å². The zero-order valence-corrected chi connectivity index (χ0v) is 17.1. The number of nitrogens with zero attached hydrogens (tertiary/aromatic N) is 1. The Kier molecular flexibility index (Phi) is 5.43. The lowest BCUT2D eigenvalue weighted by molar-refractivity contribution is -0.136. The molecular weight excluding hydrogens is 390 g/mol. The minimum atomic E-state index is -3.45. The minimum absolute atomic E-state index is 0.103. The van der Waals surface area contributed by atoms with E-state index in [9.17, 15) is 13.2 Å². The van der Waals surface area contributed by atoms with E-state index in [4.69, 9.17) is 9.47 Å². The van der Waals surface area contributed by atoms with Crippen LogP contribution in [0.2, 0.25) is 0 Å². The molecule has 4 rings (SSSR count). The Hall–Kier alpha value is -2.64. The molecule has 0 aromatic heterocycles. The van der Waals surface area contributed by atoms with E-state index in [2.05, 4.69) is 17.0 Å². The predicted molar refractivity (Wildman–Crippen MR) is 112 cm³/mol. The summed E-state index contributed by atoms with van der Waals surface area (Å²) in [5.74, 6) is -0.595. The summed E-state index contributed by atoms with van der Waals surface area (Å²) >= 11 is 0. The highest BCUT2D eigenvalue weighted by atomic mass is 32.2. The van der Waals surface area contributed by atoms with Gasteiger partial charge in [0.05, 0.1) is 31.0 Å². The second-order valence-corrected chi connectivity index (χ2v) is 9.21. The van der Waals surface area contributed by atoms with Crippen molar-refractivity contribution >= 4 is 27.6 Å². The maximum absolute atomic E-state index is 12.6. The number of methoxy groups -OCH3 is 1. The van der Waals surface area contributed by atoms with Crippen molar-refractivity contribution in [1.82, 2.24) is 0 Å². The topological polar surface area (TPSA) is 72.9 Å². The number of hydrogen-bond acceptors (Lipinski definition) is 6. The van der Waals surface area contributed by atoms with Gasteiger partial charge in [0.1, 0.15) is 0 Å². The van der Waals surface area contributed by atoms with Crippen molar-refractivity contribution < 1.29 is 22.7 Å². The van der Waals surface area contributed by atoms with Gasteiger partial charge >= 0.3 is 5.97 Å². The van der Waals surface area contributed by atoms with E-state index in [1.165, 1.54) is 7.11 Å². The van der Waals surface area contributed by atoms with Crippen LogP contribution in [0, 0.1) is 0 Å². The Morgan fingerprint density at radius 1 is 1.03 bits per heavy atom. The van der Waals surface area contributed by atoms with Gasteiger partial charge in [0.25, 0.3) is 0 Å². The van der Waals surface area contributed by atoms with Crippen molar-refractivity contribution in [3.05, 3.63) is 53.6 Å². The summed E-state index contributed by atoms with van der Waals surface area (Å²) in [6.07, 6.45) is 1.78. The lowest BCUT2D eigenvalue weighted by atomic mass is 10.0. The van der Waals surface area contributed by atoms with E-state index in [-0.39, 0.29) is 17.1 Å². The lowest BCUT2D eigenvalue weighted by Crippen LogP contribution is -2.36. The summed E-state index contributed by atoms with van der Waals surface area (Å²) in [6.45, 7) is 3.21. The maximum Gasteiger partial charge on any atom is 0.333 e. The van der Waals surface area contributed by atoms with Gasteiger partial charge < -0.3 is 14.4 Å². The van der Waals surface area contributed by atoms with Gasteiger partial charge in [0.2, 0.25) is 0 Å². The molecule has 2 aromatic carbocycles. The average molecular weight is 413 g/mol. The average Bonchev–Trinajstić information content (AvgIpc) is 2.89. The molecule has 0 aliphatic carbocycles. The number of benzene rings is 2. The molecule has 6 nitrogen and oxygen atoms in total. The van der Waals surface area contributed by atoms with Crippen LogP contribution in [0.1, 0.15) is 12.0 Å². The van der Waals surface area contributed by atoms with Crippen LogP contribution >= 0.6 is 0 Å². The van der Waals surface area contributed by atoms with Crippen LogP contribution in [-0.4, -0.2) is 53.6 Å². The molecule has 0 spiro atoms. The number of hydrogen-bond donors (Lipinski definition) is 0. The number of ether oxygens (including phenoxy) is 2. The molecule has 0 radical (unpaired) electrons. The second-order valence-electron chi connectivity index (χ2n) is 7.13. The Morgan fingerprint density at radius 2 is 1.72 bits per heavy atom. The molecule has 0 amide bonds. The molecule has 1 fully saturated rings. The van der Waals surface area contributed by atoms with Crippen LogP contribution in [0.5, 0.6) is 0 Å². The van der Waals surface area contributed by atoms with E-state index < -0.39 is 15.8 Å². The Morgan fingerprint density at radius 3 is 2.41 bits per heavy atom. The molecule has 0 bridgehead atoms. The molecule has 0 saturated carbocycles. The fourth-order valence-electron chi connectivity index (χ4n) is 3.72. The van der Waals surface area contributed by atoms with E-state index in [1.807, 2.05) is 24.3 Å². The molecular formula is C22H23NO5S. The van der Waals surface area contributed by atoms with Crippen LogP contribution in [-0.2, 0) is 24.1 Å². The standard InChI is InChI=1S/C22H23NO5S/c1-27-22(24)18-8-13-29(25,26)21-7-4-17(14-19(21)15-18)16-2-5-20(6-3-16)23-9-11-28-12-10-23/h2-7,14-15H,8-13H2,1H3. The lowest BCUT2D eigenvalue weighted by Gasteiger charge is -2.28. The van der Waals surface area contributed by atoms with Crippen LogP contribution in [0.3, 0.4) is 0 Å². The van der Waals surface area contributed by atoms with Crippen molar-refractivity contribution in [3.63, 3.8) is 0 Å². The molecule has 0 atom stereocenters. The number of anilines is 1. The number of fused-ring (bicyclic) bond motifs is 1. The fraction of sp³-hybridized carbons (Fsp3) is 0.318. The third kappa shape index (κ3) is 4.06. The normalized spacial score (nSPS) is 18.4. The minimum Gasteiger partial charge on any atom is -0.466 e. The molecule has 2 aliphatic rings. The summed E-state index contributed by atoms with van der Waals surface area (Å²) in [7, 11) is -2.15. The monoisotopic (exact) mass is 413 g/mol. The van der Waals surface area contributed by atoms with Crippen LogP contribution in [0.25, 0.3) is 17.2 Å². The molecule has 2 aliphatic heterocycles. The van der Waals surface area contributed by atoms with Gasteiger partial charge in [-0.1, -0.05) is 18.2 Å². The van der Waals surface area contributed by atoms with Gasteiger partial charge in [0.15, 0.2) is 9.84 Å². The summed E-state index contributed by atoms with van der Waals surface area (Å²) in [4.78, 5) is 14.5. The first kappa shape index (κ1) is 19.7. The fourth-order valence-corrected chi connectivity index (χ4v) is 5.18. The number of esters is 1. The van der Waals surface area contributed by atoms with E-state index in [0.717, 1.165) is 43.1 Å². The van der Waals surface area contributed by atoms with E-state index in [0.29, 0.717) is 11.1 Å². The van der Waals surface area contributed by atoms with Crippen LogP contribution in [0.15, 0.2) is 52.9 Å². The number of morpholine rings is 1. The Labute approximate surface area is 170 Å². The first-order valence-electron chi connectivity index (χ1n) is 9.57. The third-order valence-electron chi connectivity index (χ3n) is 5.34. The van der Waals surface area contributed by atoms with Gasteiger partial charge in [-0.15, -0.1) is 0 Å². The highest BCUT2D eigenvalue weighted by molar-refractivity contribution is 7.91. The number of carbonyl (C=O) groups excluding carboxylic acids is 1. The largest absolute Gasteiger partial charge is 0.466 e. The molecule has 0 unspecified atom stereocenters. The predicted octanol–water partition coefficient (Wildman–Crippen LogP) is 2.92. The maximum atomic E-state index is 12.6. The summed E-state index contributed by atoms with van der Waals surface area (Å²) in [5.41, 5.74) is 3.92. The number of carbonyl (C=O) groups is 1. The van der Waals surface area contributed by atoms with Gasteiger partial charge in [-0.25, -0.2) is 13.2 Å².